The monoisotopic (exact) mass is 253 g/mol. The summed E-state index contributed by atoms with van der Waals surface area (Å²) in [6.07, 6.45) is 3.76. The van der Waals surface area contributed by atoms with Crippen LogP contribution in [0.25, 0.3) is 10.2 Å². The lowest BCUT2D eigenvalue weighted by Crippen LogP contribution is -2.30. The van der Waals surface area contributed by atoms with Crippen LogP contribution in [0.2, 0.25) is 5.15 Å². The highest BCUT2D eigenvalue weighted by Crippen LogP contribution is 2.28. The van der Waals surface area contributed by atoms with Crippen molar-refractivity contribution in [2.24, 2.45) is 0 Å². The second kappa shape index (κ2) is 4.18. The predicted octanol–water partition coefficient (Wildman–Crippen LogP) is 3.34. The van der Waals surface area contributed by atoms with E-state index < -0.39 is 0 Å². The molecule has 0 N–H and O–H groups in total. The first-order chi connectivity index (χ1) is 7.84. The van der Waals surface area contributed by atoms with Gasteiger partial charge in [-0.1, -0.05) is 11.6 Å². The van der Waals surface area contributed by atoms with E-state index >= 15 is 0 Å². The van der Waals surface area contributed by atoms with Crippen LogP contribution >= 0.6 is 22.9 Å². The van der Waals surface area contributed by atoms with Gasteiger partial charge in [0.25, 0.3) is 0 Å². The van der Waals surface area contributed by atoms with Crippen molar-refractivity contribution in [3.8, 4) is 0 Å². The first-order valence-corrected chi connectivity index (χ1v) is 6.76. The standard InChI is InChI=1S/C11H12ClN3S/c12-9-8-4-7-16-10(8)14-11(13-9)15-5-2-1-3-6-15/h4,7H,1-3,5-6H2. The molecule has 0 aromatic carbocycles. The number of thiophene rings is 1. The fraction of sp³-hybridized carbons (Fsp3) is 0.455. The van der Waals surface area contributed by atoms with Crippen molar-refractivity contribution in [2.75, 3.05) is 18.0 Å². The molecule has 2 aromatic rings. The molecule has 0 unspecified atom stereocenters. The SMILES string of the molecule is Clc1nc(N2CCCCC2)nc2sccc12. The van der Waals surface area contributed by atoms with Crippen LogP contribution in [0, 0.1) is 0 Å². The summed E-state index contributed by atoms with van der Waals surface area (Å²) in [6, 6.07) is 1.97. The van der Waals surface area contributed by atoms with Gasteiger partial charge in [-0.2, -0.15) is 0 Å². The van der Waals surface area contributed by atoms with E-state index in [1.807, 2.05) is 11.4 Å². The number of rotatable bonds is 1. The highest BCUT2D eigenvalue weighted by Gasteiger charge is 2.15. The number of anilines is 1. The van der Waals surface area contributed by atoms with Crippen LogP contribution in [0.3, 0.4) is 0 Å². The van der Waals surface area contributed by atoms with E-state index in [0.717, 1.165) is 29.3 Å². The van der Waals surface area contributed by atoms with Crippen molar-refractivity contribution in [1.29, 1.82) is 0 Å². The zero-order valence-corrected chi connectivity index (χ0v) is 10.4. The first kappa shape index (κ1) is 10.3. The Kier molecular flexibility index (Phi) is 2.69. The summed E-state index contributed by atoms with van der Waals surface area (Å²) in [5, 5.41) is 3.55. The Bertz CT molecular complexity index is 505. The van der Waals surface area contributed by atoms with E-state index in [2.05, 4.69) is 14.9 Å². The molecule has 0 spiro atoms. The molecule has 16 heavy (non-hydrogen) atoms. The molecule has 0 atom stereocenters. The summed E-state index contributed by atoms with van der Waals surface area (Å²) in [6.45, 7) is 2.10. The summed E-state index contributed by atoms with van der Waals surface area (Å²) in [5.74, 6) is 0.791. The number of piperidine rings is 1. The second-order valence-electron chi connectivity index (χ2n) is 4.00. The molecule has 3 rings (SSSR count). The van der Waals surface area contributed by atoms with Crippen LogP contribution in [0.1, 0.15) is 19.3 Å². The zero-order chi connectivity index (χ0) is 11.0. The lowest BCUT2D eigenvalue weighted by Gasteiger charge is -2.26. The summed E-state index contributed by atoms with van der Waals surface area (Å²) < 4.78 is 0. The van der Waals surface area contributed by atoms with Gasteiger partial charge in [-0.25, -0.2) is 9.97 Å². The zero-order valence-electron chi connectivity index (χ0n) is 8.82. The Hall–Kier alpha value is -0.870. The van der Waals surface area contributed by atoms with Crippen LogP contribution in [0.15, 0.2) is 11.4 Å². The molecule has 1 aliphatic rings. The quantitative estimate of drug-likeness (QED) is 0.730. The summed E-state index contributed by atoms with van der Waals surface area (Å²) >= 11 is 7.77. The normalized spacial score (nSPS) is 16.9. The minimum Gasteiger partial charge on any atom is -0.341 e. The van der Waals surface area contributed by atoms with Gasteiger partial charge in [0.2, 0.25) is 5.95 Å². The number of hydrogen-bond acceptors (Lipinski definition) is 4. The minimum atomic E-state index is 0.576. The van der Waals surface area contributed by atoms with Crippen LogP contribution < -0.4 is 4.90 Å². The Morgan fingerprint density at radius 2 is 2.00 bits per heavy atom. The summed E-state index contributed by atoms with van der Waals surface area (Å²) in [4.78, 5) is 12.2. The fourth-order valence-electron chi connectivity index (χ4n) is 2.04. The van der Waals surface area contributed by atoms with Gasteiger partial charge in [0.05, 0.1) is 0 Å². The molecule has 1 saturated heterocycles. The molecule has 1 aliphatic heterocycles. The maximum atomic E-state index is 6.15. The largest absolute Gasteiger partial charge is 0.341 e. The first-order valence-electron chi connectivity index (χ1n) is 5.50. The van der Waals surface area contributed by atoms with E-state index in [9.17, 15) is 0 Å². The fourth-order valence-corrected chi connectivity index (χ4v) is 3.09. The molecular formula is C11H12ClN3S. The van der Waals surface area contributed by atoms with Gasteiger partial charge in [-0.05, 0) is 30.7 Å². The van der Waals surface area contributed by atoms with Gasteiger partial charge in [0, 0.05) is 18.5 Å². The third-order valence-corrected chi connectivity index (χ3v) is 4.00. The van der Waals surface area contributed by atoms with E-state index in [0.29, 0.717) is 5.15 Å². The van der Waals surface area contributed by atoms with Crippen molar-refractivity contribution in [1.82, 2.24) is 9.97 Å². The molecule has 3 nitrogen and oxygen atoms in total. The Morgan fingerprint density at radius 1 is 1.19 bits per heavy atom. The minimum absolute atomic E-state index is 0.576. The molecule has 5 heteroatoms. The van der Waals surface area contributed by atoms with Crippen molar-refractivity contribution < 1.29 is 0 Å². The molecule has 2 aromatic heterocycles. The van der Waals surface area contributed by atoms with E-state index in [4.69, 9.17) is 11.6 Å². The average Bonchev–Trinajstić information content (AvgIpc) is 2.79. The second-order valence-corrected chi connectivity index (χ2v) is 5.25. The van der Waals surface area contributed by atoms with Crippen molar-refractivity contribution in [3.63, 3.8) is 0 Å². The van der Waals surface area contributed by atoms with E-state index in [-0.39, 0.29) is 0 Å². The molecule has 0 radical (unpaired) electrons. The number of aromatic nitrogens is 2. The smallest absolute Gasteiger partial charge is 0.228 e. The summed E-state index contributed by atoms with van der Waals surface area (Å²) in [7, 11) is 0. The van der Waals surface area contributed by atoms with Crippen LogP contribution in [-0.4, -0.2) is 23.1 Å². The number of halogens is 1. The molecule has 0 saturated carbocycles. The van der Waals surface area contributed by atoms with Crippen LogP contribution in [-0.2, 0) is 0 Å². The molecule has 3 heterocycles. The third kappa shape index (κ3) is 1.76. The molecule has 0 bridgehead atoms. The van der Waals surface area contributed by atoms with Gasteiger partial charge in [-0.15, -0.1) is 11.3 Å². The Morgan fingerprint density at radius 3 is 2.81 bits per heavy atom. The van der Waals surface area contributed by atoms with Crippen LogP contribution in [0.5, 0.6) is 0 Å². The number of nitrogens with zero attached hydrogens (tertiary/aromatic N) is 3. The van der Waals surface area contributed by atoms with Gasteiger partial charge < -0.3 is 4.90 Å². The van der Waals surface area contributed by atoms with Crippen LogP contribution in [0.4, 0.5) is 5.95 Å². The highest BCUT2D eigenvalue weighted by molar-refractivity contribution is 7.16. The van der Waals surface area contributed by atoms with E-state index in [1.54, 1.807) is 11.3 Å². The lowest BCUT2D eigenvalue weighted by molar-refractivity contribution is 0.569. The van der Waals surface area contributed by atoms with Crippen molar-refractivity contribution in [3.05, 3.63) is 16.6 Å². The molecular weight excluding hydrogens is 242 g/mol. The maximum absolute atomic E-state index is 6.15. The van der Waals surface area contributed by atoms with Gasteiger partial charge in [0.1, 0.15) is 9.98 Å². The van der Waals surface area contributed by atoms with Crippen molar-refractivity contribution in [2.45, 2.75) is 19.3 Å². The number of fused-ring (bicyclic) bond motifs is 1. The summed E-state index contributed by atoms with van der Waals surface area (Å²) in [5.41, 5.74) is 0. The average molecular weight is 254 g/mol. The third-order valence-electron chi connectivity index (χ3n) is 2.91. The topological polar surface area (TPSA) is 29.0 Å². The van der Waals surface area contributed by atoms with E-state index in [1.165, 1.54) is 19.3 Å². The lowest BCUT2D eigenvalue weighted by atomic mass is 10.1. The Labute approximate surface area is 103 Å². The van der Waals surface area contributed by atoms with Gasteiger partial charge in [0.15, 0.2) is 0 Å². The highest BCUT2D eigenvalue weighted by atomic mass is 35.5. The Balaban J connectivity index is 2.02. The predicted molar refractivity (Wildman–Crippen MR) is 68.5 cm³/mol. The van der Waals surface area contributed by atoms with Gasteiger partial charge in [-0.3, -0.25) is 0 Å². The molecule has 0 aliphatic carbocycles. The maximum Gasteiger partial charge on any atom is 0.228 e. The molecule has 84 valence electrons. The molecule has 1 fully saturated rings. The van der Waals surface area contributed by atoms with Crippen molar-refractivity contribution >= 4 is 39.1 Å². The molecule has 0 amide bonds. The van der Waals surface area contributed by atoms with Gasteiger partial charge >= 0.3 is 0 Å². The number of hydrogen-bond donors (Lipinski definition) is 0.